The summed E-state index contributed by atoms with van der Waals surface area (Å²) in [5.74, 6) is 2.67. The largest absolute Gasteiger partial charge is 0.208 e. The fourth-order valence-corrected chi connectivity index (χ4v) is 8.55. The van der Waals surface area contributed by atoms with Gasteiger partial charge in [-0.3, -0.25) is 0 Å². The van der Waals surface area contributed by atoms with Gasteiger partial charge in [0.05, 0.1) is 0 Å². The Bertz CT molecular complexity index is 2650. The second kappa shape index (κ2) is 13.3. The maximum absolute atomic E-state index is 5.11. The molecule has 0 atom stereocenters. The quantitative estimate of drug-likeness (QED) is 0.164. The minimum absolute atomic E-state index is 0.659. The molecule has 0 unspecified atom stereocenters. The Labute approximate surface area is 309 Å². The molecule has 1 heterocycles. The topological polar surface area (TPSA) is 38.7 Å². The van der Waals surface area contributed by atoms with E-state index < -0.39 is 0 Å². The number of aromatic nitrogens is 3. The average Bonchev–Trinajstić information content (AvgIpc) is 3.79. The summed E-state index contributed by atoms with van der Waals surface area (Å²) in [6.45, 7) is 0. The fourth-order valence-electron chi connectivity index (χ4n) is 8.55. The zero-order valence-corrected chi connectivity index (χ0v) is 29.4. The van der Waals surface area contributed by atoms with E-state index >= 15 is 0 Å². The van der Waals surface area contributed by atoms with Crippen LogP contribution in [-0.2, 0) is 0 Å². The van der Waals surface area contributed by atoms with Crippen molar-refractivity contribution in [3.05, 3.63) is 175 Å². The van der Waals surface area contributed by atoms with Crippen molar-refractivity contribution in [2.24, 2.45) is 0 Å². The molecule has 9 aromatic rings. The second-order valence-electron chi connectivity index (χ2n) is 14.2. The van der Waals surface area contributed by atoms with Gasteiger partial charge in [-0.25, -0.2) is 15.0 Å². The lowest BCUT2D eigenvalue weighted by molar-refractivity contribution is 0.723. The van der Waals surface area contributed by atoms with Crippen LogP contribution in [0.25, 0.3) is 88.7 Å². The zero-order chi connectivity index (χ0) is 35.1. The molecule has 8 aromatic carbocycles. The number of rotatable bonds is 6. The maximum atomic E-state index is 5.11. The number of benzene rings is 8. The second-order valence-corrected chi connectivity index (χ2v) is 14.2. The Morgan fingerprint density at radius 3 is 1.26 bits per heavy atom. The number of nitrogens with zero attached hydrogens (tertiary/aromatic N) is 3. The van der Waals surface area contributed by atoms with Crippen LogP contribution in [0.3, 0.4) is 0 Å². The van der Waals surface area contributed by atoms with Gasteiger partial charge >= 0.3 is 0 Å². The Kier molecular flexibility index (Phi) is 7.83. The molecule has 3 nitrogen and oxygen atoms in total. The van der Waals surface area contributed by atoms with E-state index in [2.05, 4.69) is 133 Å². The monoisotopic (exact) mass is 679 g/mol. The van der Waals surface area contributed by atoms with Gasteiger partial charge in [0.2, 0.25) is 0 Å². The predicted molar refractivity (Wildman–Crippen MR) is 221 cm³/mol. The lowest BCUT2D eigenvalue weighted by Crippen LogP contribution is -2.00. The Balaban J connectivity index is 1.19. The third-order valence-corrected chi connectivity index (χ3v) is 11.1. The molecule has 1 fully saturated rings. The molecule has 3 heteroatoms. The minimum atomic E-state index is 0.659. The highest BCUT2D eigenvalue weighted by atomic mass is 15.0. The summed E-state index contributed by atoms with van der Waals surface area (Å²) in [6, 6.07) is 60.9. The van der Waals surface area contributed by atoms with Crippen molar-refractivity contribution in [2.75, 3.05) is 0 Å². The summed E-state index contributed by atoms with van der Waals surface area (Å²) in [7, 11) is 0. The Morgan fingerprint density at radius 2 is 0.736 bits per heavy atom. The first-order chi connectivity index (χ1) is 26.3. The lowest BCUT2D eigenvalue weighted by Gasteiger charge is -2.20. The van der Waals surface area contributed by atoms with E-state index in [4.69, 9.17) is 15.0 Å². The molecule has 0 aliphatic heterocycles. The van der Waals surface area contributed by atoms with Gasteiger partial charge in [0, 0.05) is 16.7 Å². The molecule has 0 N–H and O–H groups in total. The van der Waals surface area contributed by atoms with Crippen molar-refractivity contribution < 1.29 is 0 Å². The first kappa shape index (κ1) is 31.3. The van der Waals surface area contributed by atoms with E-state index in [1.807, 2.05) is 36.4 Å². The molecule has 0 bridgehead atoms. The minimum Gasteiger partial charge on any atom is -0.208 e. The molecule has 10 rings (SSSR count). The maximum Gasteiger partial charge on any atom is 0.164 e. The van der Waals surface area contributed by atoms with E-state index in [9.17, 15) is 0 Å². The van der Waals surface area contributed by atoms with Gasteiger partial charge in [0.15, 0.2) is 17.5 Å². The van der Waals surface area contributed by atoms with Crippen LogP contribution in [0.5, 0.6) is 0 Å². The first-order valence-electron chi connectivity index (χ1n) is 18.7. The van der Waals surface area contributed by atoms with Gasteiger partial charge < -0.3 is 0 Å². The number of hydrogen-bond donors (Lipinski definition) is 0. The third-order valence-electron chi connectivity index (χ3n) is 11.1. The molecule has 1 aliphatic carbocycles. The van der Waals surface area contributed by atoms with Gasteiger partial charge in [-0.05, 0) is 85.0 Å². The standard InChI is InChI=1S/C50H37N3/c1-3-17-36(18-4-1)48-51-49(37-19-5-2-6-20-37)53-50(52-48)45-32-31-44(38-21-9-10-22-39(38)45)47-42-25-13-11-23-40(42)46(41-24-12-14-26-43(41)47)35-29-27-34(28-30-35)33-15-7-8-16-33/h1-6,9-14,17-33H,7-8,15-16H2. The summed E-state index contributed by atoms with van der Waals surface area (Å²) in [5, 5.41) is 7.29. The van der Waals surface area contributed by atoms with Gasteiger partial charge in [-0.2, -0.15) is 0 Å². The smallest absolute Gasteiger partial charge is 0.164 e. The normalized spacial score (nSPS) is 13.3. The van der Waals surface area contributed by atoms with Gasteiger partial charge in [-0.15, -0.1) is 0 Å². The van der Waals surface area contributed by atoms with Crippen molar-refractivity contribution in [2.45, 2.75) is 31.6 Å². The summed E-state index contributed by atoms with van der Waals surface area (Å²) < 4.78 is 0. The summed E-state index contributed by atoms with van der Waals surface area (Å²) >= 11 is 0. The molecule has 252 valence electrons. The van der Waals surface area contributed by atoms with Gasteiger partial charge in [0.1, 0.15) is 0 Å². The van der Waals surface area contributed by atoms with Crippen molar-refractivity contribution in [1.29, 1.82) is 0 Å². The molecular formula is C50H37N3. The van der Waals surface area contributed by atoms with Crippen LogP contribution in [0, 0.1) is 0 Å². The average molecular weight is 680 g/mol. The number of hydrogen-bond acceptors (Lipinski definition) is 3. The molecule has 1 saturated carbocycles. The van der Waals surface area contributed by atoms with Crippen LogP contribution in [-0.4, -0.2) is 15.0 Å². The third kappa shape index (κ3) is 5.57. The van der Waals surface area contributed by atoms with Crippen LogP contribution in [0.4, 0.5) is 0 Å². The van der Waals surface area contributed by atoms with Crippen molar-refractivity contribution in [3.8, 4) is 56.4 Å². The molecular weight excluding hydrogens is 643 g/mol. The molecule has 1 aromatic heterocycles. The van der Waals surface area contributed by atoms with Crippen LogP contribution >= 0.6 is 0 Å². The number of fused-ring (bicyclic) bond motifs is 3. The van der Waals surface area contributed by atoms with Crippen LogP contribution in [0.15, 0.2) is 170 Å². The Morgan fingerprint density at radius 1 is 0.321 bits per heavy atom. The van der Waals surface area contributed by atoms with Crippen molar-refractivity contribution in [1.82, 2.24) is 15.0 Å². The van der Waals surface area contributed by atoms with Crippen LogP contribution < -0.4 is 0 Å². The lowest BCUT2D eigenvalue weighted by atomic mass is 9.84. The summed E-state index contributed by atoms with van der Waals surface area (Å²) in [4.78, 5) is 15.2. The van der Waals surface area contributed by atoms with E-state index in [1.54, 1.807) is 0 Å². The molecule has 0 amide bonds. The van der Waals surface area contributed by atoms with E-state index in [1.165, 1.54) is 75.0 Å². The molecule has 0 saturated heterocycles. The highest BCUT2D eigenvalue weighted by molar-refractivity contribution is 6.24. The fraction of sp³-hybridized carbons (Fsp3) is 0.100. The zero-order valence-electron chi connectivity index (χ0n) is 29.4. The van der Waals surface area contributed by atoms with E-state index in [0.29, 0.717) is 23.4 Å². The van der Waals surface area contributed by atoms with Crippen molar-refractivity contribution in [3.63, 3.8) is 0 Å². The molecule has 0 spiro atoms. The molecule has 53 heavy (non-hydrogen) atoms. The first-order valence-corrected chi connectivity index (χ1v) is 18.7. The summed E-state index contributed by atoms with van der Waals surface area (Å²) in [5.41, 5.74) is 9.38. The van der Waals surface area contributed by atoms with E-state index in [-0.39, 0.29) is 0 Å². The predicted octanol–water partition coefficient (Wildman–Crippen LogP) is 13.3. The van der Waals surface area contributed by atoms with Crippen molar-refractivity contribution >= 4 is 32.3 Å². The molecule has 1 aliphatic rings. The highest BCUT2D eigenvalue weighted by Gasteiger charge is 2.21. The van der Waals surface area contributed by atoms with Crippen LogP contribution in [0.1, 0.15) is 37.2 Å². The SMILES string of the molecule is c1ccc(-c2nc(-c3ccccc3)nc(-c3ccc(-c4c5ccccc5c(-c5ccc(C6CCCC6)cc5)c5ccccc45)c4ccccc34)n2)cc1. The van der Waals surface area contributed by atoms with E-state index in [0.717, 1.165) is 27.5 Å². The van der Waals surface area contributed by atoms with Gasteiger partial charge in [0.25, 0.3) is 0 Å². The van der Waals surface area contributed by atoms with Gasteiger partial charge in [-0.1, -0.05) is 177 Å². The Hall–Kier alpha value is -6.45. The van der Waals surface area contributed by atoms with Crippen LogP contribution in [0.2, 0.25) is 0 Å². The summed E-state index contributed by atoms with van der Waals surface area (Å²) in [6.07, 6.45) is 5.31. The molecule has 0 radical (unpaired) electrons. The highest BCUT2D eigenvalue weighted by Crippen LogP contribution is 2.46.